The van der Waals surface area contributed by atoms with Crippen molar-refractivity contribution in [2.75, 3.05) is 19.9 Å². The molecule has 0 aliphatic rings. The summed E-state index contributed by atoms with van der Waals surface area (Å²) in [6.45, 7) is 2.62. The first-order valence-corrected chi connectivity index (χ1v) is 13.2. The summed E-state index contributed by atoms with van der Waals surface area (Å²) >= 11 is 1.61. The first kappa shape index (κ1) is 26.5. The van der Waals surface area contributed by atoms with Crippen molar-refractivity contribution in [3.8, 4) is 22.7 Å². The van der Waals surface area contributed by atoms with Gasteiger partial charge in [-0.1, -0.05) is 42.0 Å². The molecule has 8 heteroatoms. The van der Waals surface area contributed by atoms with E-state index in [-0.39, 0.29) is 13.1 Å². The third kappa shape index (κ3) is 6.40. The molecule has 4 rings (SSSR count). The molecule has 192 valence electrons. The zero-order chi connectivity index (χ0) is 26.4. The number of aryl methyl sites for hydroxylation is 1. The molecule has 3 aromatic carbocycles. The van der Waals surface area contributed by atoms with Crippen molar-refractivity contribution in [2.24, 2.45) is 0 Å². The highest BCUT2D eigenvalue weighted by Crippen LogP contribution is 2.23. The smallest absolute Gasteiger partial charge is 0.336 e. The van der Waals surface area contributed by atoms with E-state index < -0.39 is 17.4 Å². The molecule has 0 spiro atoms. The molecule has 0 amide bonds. The quantitative estimate of drug-likeness (QED) is 0.311. The van der Waals surface area contributed by atoms with Crippen LogP contribution in [0.15, 0.2) is 93.3 Å². The molecule has 2 N–H and O–H groups in total. The van der Waals surface area contributed by atoms with Gasteiger partial charge in [0.05, 0.1) is 31.1 Å². The number of aromatic nitrogens is 2. The molecule has 1 heterocycles. The van der Waals surface area contributed by atoms with Crippen molar-refractivity contribution in [2.45, 2.75) is 31.0 Å². The largest absolute Gasteiger partial charge is 0.497 e. The van der Waals surface area contributed by atoms with Crippen molar-refractivity contribution in [3.05, 3.63) is 111 Å². The Hall–Kier alpha value is -3.59. The topological polar surface area (TPSA) is 85.5 Å². The van der Waals surface area contributed by atoms with Crippen LogP contribution in [0.4, 0.5) is 0 Å². The molecular formula is C29H31N3O4S. The maximum absolute atomic E-state index is 13.7. The number of rotatable bonds is 10. The summed E-state index contributed by atoms with van der Waals surface area (Å²) in [4.78, 5) is 27.8. The summed E-state index contributed by atoms with van der Waals surface area (Å²) < 4.78 is 7.80. The molecular weight excluding hydrogens is 486 g/mol. The maximum Gasteiger partial charge on any atom is 0.336 e. The van der Waals surface area contributed by atoms with E-state index in [0.29, 0.717) is 17.9 Å². The Labute approximate surface area is 220 Å². The van der Waals surface area contributed by atoms with Crippen LogP contribution in [0.25, 0.3) is 16.9 Å². The van der Waals surface area contributed by atoms with Crippen LogP contribution in [-0.2, 0) is 13.1 Å². The average Bonchev–Trinajstić information content (AvgIpc) is 2.92. The molecule has 1 unspecified atom stereocenters. The fourth-order valence-electron chi connectivity index (χ4n) is 4.06. The van der Waals surface area contributed by atoms with E-state index in [4.69, 9.17) is 4.74 Å². The average molecular weight is 518 g/mol. The van der Waals surface area contributed by atoms with Crippen molar-refractivity contribution >= 4 is 11.8 Å². The first-order chi connectivity index (χ1) is 17.9. The van der Waals surface area contributed by atoms with E-state index in [2.05, 4.69) is 5.32 Å². The number of nitrogens with one attached hydrogen (secondary N) is 1. The lowest BCUT2D eigenvalue weighted by Crippen LogP contribution is -2.43. The standard InChI is InChI=1S/C29H31N3O4S/c1-20-4-8-22(9-5-20)27-16-28(34)31(29(35)32(27)23-10-14-26(37-3)15-11-23)19-24(33)18-30-17-21-6-12-25(36-2)13-7-21/h4-16,24,30,33H,17-19H2,1-3H3. The number of benzene rings is 3. The lowest BCUT2D eigenvalue weighted by molar-refractivity contribution is 0.147. The lowest BCUT2D eigenvalue weighted by Gasteiger charge is -2.18. The van der Waals surface area contributed by atoms with Gasteiger partial charge in [-0.25, -0.2) is 4.79 Å². The van der Waals surface area contributed by atoms with E-state index >= 15 is 0 Å². The number of ether oxygens (including phenoxy) is 1. The van der Waals surface area contributed by atoms with E-state index in [0.717, 1.165) is 31.9 Å². The second kappa shape index (κ2) is 12.1. The number of hydrogen-bond donors (Lipinski definition) is 2. The summed E-state index contributed by atoms with van der Waals surface area (Å²) in [5.41, 5.74) is 3.10. The molecule has 0 saturated carbocycles. The van der Waals surface area contributed by atoms with Gasteiger partial charge in [0.1, 0.15) is 5.75 Å². The zero-order valence-electron chi connectivity index (χ0n) is 21.2. The Morgan fingerprint density at radius 1 is 0.973 bits per heavy atom. The van der Waals surface area contributed by atoms with Gasteiger partial charge in [0, 0.05) is 24.1 Å². The number of nitrogens with zero attached hydrogens (tertiary/aromatic N) is 2. The summed E-state index contributed by atoms with van der Waals surface area (Å²) in [6.07, 6.45) is 1.06. The van der Waals surface area contributed by atoms with Crippen molar-refractivity contribution in [1.29, 1.82) is 0 Å². The minimum Gasteiger partial charge on any atom is -0.497 e. The molecule has 0 radical (unpaired) electrons. The summed E-state index contributed by atoms with van der Waals surface area (Å²) in [5, 5.41) is 13.8. The van der Waals surface area contributed by atoms with Gasteiger partial charge in [0.15, 0.2) is 0 Å². The zero-order valence-corrected chi connectivity index (χ0v) is 22.0. The molecule has 0 fully saturated rings. The van der Waals surface area contributed by atoms with E-state index in [1.807, 2.05) is 86.0 Å². The van der Waals surface area contributed by atoms with Crippen molar-refractivity contribution in [1.82, 2.24) is 14.5 Å². The van der Waals surface area contributed by atoms with Gasteiger partial charge in [-0.05, 0) is 60.7 Å². The van der Waals surface area contributed by atoms with Gasteiger partial charge in [-0.15, -0.1) is 11.8 Å². The molecule has 0 aliphatic heterocycles. The molecule has 37 heavy (non-hydrogen) atoms. The van der Waals surface area contributed by atoms with E-state index in [9.17, 15) is 14.7 Å². The van der Waals surface area contributed by atoms with Crippen LogP contribution < -0.4 is 21.3 Å². The van der Waals surface area contributed by atoms with Crippen LogP contribution >= 0.6 is 11.8 Å². The lowest BCUT2D eigenvalue weighted by atomic mass is 10.1. The van der Waals surface area contributed by atoms with Gasteiger partial charge in [-0.3, -0.25) is 13.9 Å². The number of aliphatic hydroxyl groups is 1. The predicted molar refractivity (Wildman–Crippen MR) is 149 cm³/mol. The Morgan fingerprint density at radius 3 is 2.27 bits per heavy atom. The van der Waals surface area contributed by atoms with Gasteiger partial charge in [0.25, 0.3) is 5.56 Å². The van der Waals surface area contributed by atoms with Crippen molar-refractivity contribution in [3.63, 3.8) is 0 Å². The predicted octanol–water partition coefficient (Wildman–Crippen LogP) is 3.86. The number of aliphatic hydroxyl groups excluding tert-OH is 1. The van der Waals surface area contributed by atoms with Crippen LogP contribution in [0.3, 0.4) is 0 Å². The van der Waals surface area contributed by atoms with Crippen LogP contribution in [0, 0.1) is 6.92 Å². The fourth-order valence-corrected chi connectivity index (χ4v) is 4.47. The Bertz CT molecular complexity index is 1440. The minimum absolute atomic E-state index is 0.121. The Morgan fingerprint density at radius 2 is 1.65 bits per heavy atom. The molecule has 1 atom stereocenters. The summed E-state index contributed by atoms with van der Waals surface area (Å²) in [6, 6.07) is 24.4. The normalized spacial score (nSPS) is 11.9. The SMILES string of the molecule is COc1ccc(CNCC(O)Cn2c(=O)cc(-c3ccc(C)cc3)n(-c3ccc(SC)cc3)c2=O)cc1. The Balaban J connectivity index is 1.61. The van der Waals surface area contributed by atoms with Crippen LogP contribution in [0.2, 0.25) is 0 Å². The van der Waals surface area contributed by atoms with Gasteiger partial charge in [0.2, 0.25) is 0 Å². The molecule has 1 aromatic heterocycles. The second-order valence-corrected chi connectivity index (χ2v) is 9.67. The van der Waals surface area contributed by atoms with Gasteiger partial charge in [-0.2, -0.15) is 0 Å². The number of thioether (sulfide) groups is 1. The minimum atomic E-state index is -0.929. The Kier molecular flexibility index (Phi) is 8.66. The molecule has 4 aromatic rings. The van der Waals surface area contributed by atoms with Crippen LogP contribution in [-0.4, -0.2) is 40.3 Å². The highest BCUT2D eigenvalue weighted by Gasteiger charge is 2.17. The monoisotopic (exact) mass is 517 g/mol. The molecule has 0 bridgehead atoms. The maximum atomic E-state index is 13.7. The summed E-state index contributed by atoms with van der Waals surface area (Å²) in [5.74, 6) is 0.775. The van der Waals surface area contributed by atoms with Crippen LogP contribution in [0.5, 0.6) is 5.75 Å². The van der Waals surface area contributed by atoms with Gasteiger partial charge >= 0.3 is 5.69 Å². The van der Waals surface area contributed by atoms with Crippen molar-refractivity contribution < 1.29 is 9.84 Å². The third-order valence-corrected chi connectivity index (χ3v) is 6.87. The van der Waals surface area contributed by atoms with E-state index in [1.165, 1.54) is 10.6 Å². The third-order valence-electron chi connectivity index (χ3n) is 6.13. The molecule has 7 nitrogen and oxygen atoms in total. The first-order valence-electron chi connectivity index (χ1n) is 12.0. The van der Waals surface area contributed by atoms with Crippen LogP contribution in [0.1, 0.15) is 11.1 Å². The molecule has 0 saturated heterocycles. The highest BCUT2D eigenvalue weighted by molar-refractivity contribution is 7.98. The highest BCUT2D eigenvalue weighted by atomic mass is 32.2. The summed E-state index contributed by atoms with van der Waals surface area (Å²) in [7, 11) is 1.62. The second-order valence-electron chi connectivity index (χ2n) is 8.79. The number of methoxy groups -OCH3 is 1. The number of hydrogen-bond acceptors (Lipinski definition) is 6. The fraction of sp³-hybridized carbons (Fsp3) is 0.241. The van der Waals surface area contributed by atoms with Gasteiger partial charge < -0.3 is 15.2 Å². The van der Waals surface area contributed by atoms with E-state index in [1.54, 1.807) is 18.9 Å². The molecule has 0 aliphatic carbocycles.